The Morgan fingerprint density at radius 3 is 2.57 bits per heavy atom. The minimum Gasteiger partial charge on any atom is -0.354 e. The topological polar surface area (TPSA) is 44.4 Å². The molecule has 2 N–H and O–H groups in total. The van der Waals surface area contributed by atoms with E-state index in [-0.39, 0.29) is 36.8 Å². The minimum absolute atomic E-state index is 0. The Bertz CT molecular complexity index is 453. The molecule has 1 heterocycles. The second-order valence-electron chi connectivity index (χ2n) is 5.19. The molecule has 1 atom stereocenters. The molecule has 1 saturated heterocycles. The van der Waals surface area contributed by atoms with Gasteiger partial charge in [0.15, 0.2) is 0 Å². The first-order valence-corrected chi connectivity index (χ1v) is 6.86. The highest BCUT2D eigenvalue weighted by molar-refractivity contribution is 6.30. The van der Waals surface area contributed by atoms with Gasteiger partial charge in [0, 0.05) is 30.6 Å². The molecule has 1 unspecified atom stereocenters. The monoisotopic (exact) mass is 353 g/mol. The van der Waals surface area contributed by atoms with Crippen molar-refractivity contribution in [2.75, 3.05) is 33.7 Å². The van der Waals surface area contributed by atoms with Crippen LogP contribution in [0.2, 0.25) is 5.02 Å². The van der Waals surface area contributed by atoms with Gasteiger partial charge in [-0.05, 0) is 31.8 Å². The molecule has 1 amide bonds. The van der Waals surface area contributed by atoms with E-state index in [0.29, 0.717) is 10.9 Å². The smallest absolute Gasteiger partial charge is 0.241 e. The number of carbonyl (C=O) groups excluding carboxylic acids is 1. The first-order valence-electron chi connectivity index (χ1n) is 6.48. The molecule has 0 bridgehead atoms. The number of nitrogens with one attached hydrogen (secondary N) is 2. The van der Waals surface area contributed by atoms with Gasteiger partial charge < -0.3 is 10.6 Å². The lowest BCUT2D eigenvalue weighted by molar-refractivity contribution is -0.126. The van der Waals surface area contributed by atoms with Crippen molar-refractivity contribution in [1.29, 1.82) is 0 Å². The maximum absolute atomic E-state index is 12.3. The first kappa shape index (κ1) is 20.5. The van der Waals surface area contributed by atoms with Crippen molar-refractivity contribution >= 4 is 42.3 Å². The van der Waals surface area contributed by atoms with Crippen molar-refractivity contribution in [1.82, 2.24) is 15.5 Å². The van der Waals surface area contributed by atoms with Crippen molar-refractivity contribution in [2.45, 2.75) is 6.04 Å². The van der Waals surface area contributed by atoms with Crippen molar-refractivity contribution in [3.8, 4) is 0 Å². The van der Waals surface area contributed by atoms with Crippen LogP contribution in [0.15, 0.2) is 24.3 Å². The van der Waals surface area contributed by atoms with Crippen LogP contribution in [0.4, 0.5) is 0 Å². The standard InChI is InChI=1S/C14H20ClN3O.2ClH/c1-18(2)13(11-4-3-5-12(15)6-11)14(19)17-9-10-7-16-8-10;;/h3-6,10,13,16H,7-9H2,1-2H3,(H,17,19);2*1H. The number of carbonyl (C=O) groups is 1. The van der Waals surface area contributed by atoms with Crippen LogP contribution in [0.3, 0.4) is 0 Å². The van der Waals surface area contributed by atoms with Crippen LogP contribution in [0.25, 0.3) is 0 Å². The molecule has 1 fully saturated rings. The average molecular weight is 355 g/mol. The molecule has 0 saturated carbocycles. The molecule has 1 aromatic rings. The number of benzene rings is 1. The molecule has 4 nitrogen and oxygen atoms in total. The summed E-state index contributed by atoms with van der Waals surface area (Å²) in [5, 5.41) is 6.87. The SMILES string of the molecule is CN(C)C(C(=O)NCC1CNC1)c1cccc(Cl)c1.Cl.Cl. The Labute approximate surface area is 143 Å². The minimum atomic E-state index is -0.299. The van der Waals surface area contributed by atoms with Gasteiger partial charge >= 0.3 is 0 Å². The molecule has 0 aromatic heterocycles. The highest BCUT2D eigenvalue weighted by Gasteiger charge is 2.24. The van der Waals surface area contributed by atoms with Crippen LogP contribution in [0, 0.1) is 5.92 Å². The molecule has 0 radical (unpaired) electrons. The van der Waals surface area contributed by atoms with E-state index < -0.39 is 0 Å². The number of likely N-dealkylation sites (N-methyl/N-ethyl adjacent to an activating group) is 1. The van der Waals surface area contributed by atoms with Crippen molar-refractivity contribution in [2.24, 2.45) is 5.92 Å². The van der Waals surface area contributed by atoms with E-state index >= 15 is 0 Å². The maximum Gasteiger partial charge on any atom is 0.241 e. The third-order valence-electron chi connectivity index (χ3n) is 3.36. The van der Waals surface area contributed by atoms with Crippen molar-refractivity contribution in [3.05, 3.63) is 34.9 Å². The lowest BCUT2D eigenvalue weighted by Gasteiger charge is -2.29. The number of nitrogens with zero attached hydrogens (tertiary/aromatic N) is 1. The normalized spacial score (nSPS) is 15.4. The molecule has 0 spiro atoms. The molecule has 1 aliphatic heterocycles. The highest BCUT2D eigenvalue weighted by atomic mass is 35.5. The van der Waals surface area contributed by atoms with E-state index in [1.165, 1.54) is 0 Å². The van der Waals surface area contributed by atoms with Crippen LogP contribution in [-0.2, 0) is 4.79 Å². The Kier molecular flexibility index (Phi) is 9.25. The predicted octanol–water partition coefficient (Wildman–Crippen LogP) is 2.12. The zero-order chi connectivity index (χ0) is 13.8. The van der Waals surface area contributed by atoms with Gasteiger partial charge in [-0.2, -0.15) is 0 Å². The van der Waals surface area contributed by atoms with Gasteiger partial charge in [-0.15, -0.1) is 24.8 Å². The van der Waals surface area contributed by atoms with E-state index in [4.69, 9.17) is 11.6 Å². The summed E-state index contributed by atoms with van der Waals surface area (Å²) in [7, 11) is 3.80. The Morgan fingerprint density at radius 1 is 1.43 bits per heavy atom. The predicted molar refractivity (Wildman–Crippen MR) is 91.7 cm³/mol. The number of hydrogen-bond acceptors (Lipinski definition) is 3. The third kappa shape index (κ3) is 5.64. The maximum atomic E-state index is 12.3. The highest BCUT2D eigenvalue weighted by Crippen LogP contribution is 2.21. The van der Waals surface area contributed by atoms with Crippen LogP contribution >= 0.6 is 36.4 Å². The van der Waals surface area contributed by atoms with Gasteiger partial charge in [-0.3, -0.25) is 9.69 Å². The second kappa shape index (κ2) is 9.49. The van der Waals surface area contributed by atoms with Gasteiger partial charge in [0.05, 0.1) is 0 Å². The number of rotatable bonds is 5. The molecular weight excluding hydrogens is 333 g/mol. The van der Waals surface area contributed by atoms with E-state index in [9.17, 15) is 4.79 Å². The molecular formula is C14H22Cl3N3O. The molecule has 21 heavy (non-hydrogen) atoms. The summed E-state index contributed by atoms with van der Waals surface area (Å²) in [6, 6.07) is 7.16. The fraction of sp³-hybridized carbons (Fsp3) is 0.500. The lowest BCUT2D eigenvalue weighted by Crippen LogP contribution is -2.49. The lowest BCUT2D eigenvalue weighted by atomic mass is 10.0. The summed E-state index contributed by atoms with van der Waals surface area (Å²) >= 11 is 6.00. The van der Waals surface area contributed by atoms with Crippen LogP contribution in [0.1, 0.15) is 11.6 Å². The van der Waals surface area contributed by atoms with Crippen molar-refractivity contribution in [3.63, 3.8) is 0 Å². The van der Waals surface area contributed by atoms with Gasteiger partial charge in [0.25, 0.3) is 0 Å². The summed E-state index contributed by atoms with van der Waals surface area (Å²) in [5.41, 5.74) is 0.918. The molecule has 0 aliphatic carbocycles. The first-order chi connectivity index (χ1) is 9.08. The summed E-state index contributed by atoms with van der Waals surface area (Å²) in [6.07, 6.45) is 0. The molecule has 2 rings (SSSR count). The number of amides is 1. The fourth-order valence-electron chi connectivity index (χ4n) is 2.20. The Hall–Kier alpha value is -0.520. The number of hydrogen-bond donors (Lipinski definition) is 2. The van der Waals surface area contributed by atoms with E-state index in [2.05, 4.69) is 10.6 Å². The molecule has 120 valence electrons. The Morgan fingerprint density at radius 2 is 2.10 bits per heavy atom. The molecule has 1 aromatic carbocycles. The van der Waals surface area contributed by atoms with Gasteiger partial charge in [0.1, 0.15) is 6.04 Å². The summed E-state index contributed by atoms with van der Waals surface area (Å²) in [6.45, 7) is 2.71. The summed E-state index contributed by atoms with van der Waals surface area (Å²) in [5.74, 6) is 0.588. The van der Waals surface area contributed by atoms with E-state index in [1.54, 1.807) is 0 Å². The number of halogens is 3. The third-order valence-corrected chi connectivity index (χ3v) is 3.60. The van der Waals surface area contributed by atoms with Gasteiger partial charge in [-0.25, -0.2) is 0 Å². The van der Waals surface area contributed by atoms with Gasteiger partial charge in [-0.1, -0.05) is 23.7 Å². The van der Waals surface area contributed by atoms with E-state index in [0.717, 1.165) is 25.2 Å². The fourth-order valence-corrected chi connectivity index (χ4v) is 2.39. The molecule has 7 heteroatoms. The van der Waals surface area contributed by atoms with Crippen LogP contribution in [-0.4, -0.2) is 44.5 Å². The zero-order valence-corrected chi connectivity index (χ0v) is 14.5. The average Bonchev–Trinajstić information content (AvgIpc) is 2.26. The van der Waals surface area contributed by atoms with Gasteiger partial charge in [0.2, 0.25) is 5.91 Å². The largest absolute Gasteiger partial charge is 0.354 e. The quantitative estimate of drug-likeness (QED) is 0.851. The van der Waals surface area contributed by atoms with E-state index in [1.807, 2.05) is 43.3 Å². The van der Waals surface area contributed by atoms with Crippen LogP contribution < -0.4 is 10.6 Å². The second-order valence-corrected chi connectivity index (χ2v) is 5.63. The Balaban J connectivity index is 0.00000200. The van der Waals surface area contributed by atoms with Crippen molar-refractivity contribution < 1.29 is 4.79 Å². The summed E-state index contributed by atoms with van der Waals surface area (Å²) in [4.78, 5) is 14.2. The zero-order valence-electron chi connectivity index (χ0n) is 12.1. The molecule has 1 aliphatic rings. The van der Waals surface area contributed by atoms with Crippen LogP contribution in [0.5, 0.6) is 0 Å². The summed E-state index contributed by atoms with van der Waals surface area (Å²) < 4.78 is 0.